The van der Waals surface area contributed by atoms with Crippen LogP contribution in [0, 0.1) is 5.92 Å². The Bertz CT molecular complexity index is 1150. The predicted molar refractivity (Wildman–Crippen MR) is 145 cm³/mol. The largest absolute Gasteiger partial charge is 0.340 e. The first kappa shape index (κ1) is 24.5. The van der Waals surface area contributed by atoms with Crippen LogP contribution in [0.4, 0.5) is 0 Å². The molecule has 1 aromatic heterocycles. The highest BCUT2D eigenvalue weighted by Crippen LogP contribution is 2.27. The van der Waals surface area contributed by atoms with Crippen molar-refractivity contribution in [3.05, 3.63) is 58.8 Å². The first-order valence-electron chi connectivity index (χ1n) is 13.1. The van der Waals surface area contributed by atoms with Crippen LogP contribution in [0.2, 0.25) is 0 Å². The number of likely N-dealkylation sites (tertiary alicyclic amines) is 1. The van der Waals surface area contributed by atoms with Gasteiger partial charge in [0.1, 0.15) is 5.82 Å². The first-order chi connectivity index (χ1) is 17.1. The maximum absolute atomic E-state index is 13.4. The molecule has 2 aromatic carbocycles. The third-order valence-corrected chi connectivity index (χ3v) is 7.92. The summed E-state index contributed by atoms with van der Waals surface area (Å²) in [6.45, 7) is 9.74. The fourth-order valence-corrected chi connectivity index (χ4v) is 5.90. The van der Waals surface area contributed by atoms with Crippen LogP contribution in [0.3, 0.4) is 0 Å². The summed E-state index contributed by atoms with van der Waals surface area (Å²) in [4.78, 5) is 25.5. The number of piperidine rings is 1. The molecule has 6 nitrogen and oxygen atoms in total. The number of hydrogen-bond donors (Lipinski definition) is 0. The molecule has 3 aromatic rings. The molecule has 3 heterocycles. The number of imidazole rings is 1. The summed E-state index contributed by atoms with van der Waals surface area (Å²) in [5, 5.41) is 0. The van der Waals surface area contributed by atoms with Gasteiger partial charge in [0, 0.05) is 42.9 Å². The summed E-state index contributed by atoms with van der Waals surface area (Å²) in [7, 11) is 0. The van der Waals surface area contributed by atoms with E-state index in [1.807, 2.05) is 12.1 Å². The average molecular weight is 539 g/mol. The van der Waals surface area contributed by atoms with E-state index < -0.39 is 0 Å². The van der Waals surface area contributed by atoms with Crippen LogP contribution in [-0.4, -0.2) is 76.0 Å². The Kier molecular flexibility index (Phi) is 7.85. The summed E-state index contributed by atoms with van der Waals surface area (Å²) in [6, 6.07) is 16.7. The van der Waals surface area contributed by atoms with Crippen molar-refractivity contribution in [2.45, 2.75) is 39.2 Å². The zero-order valence-corrected chi connectivity index (χ0v) is 22.3. The number of unbranched alkanes of at least 4 members (excludes halogenated alkanes) is 1. The van der Waals surface area contributed by atoms with Crippen LogP contribution < -0.4 is 0 Å². The number of para-hydroxylation sites is 2. The molecule has 186 valence electrons. The maximum atomic E-state index is 13.4. The Hall–Kier alpha value is -2.22. The zero-order valence-electron chi connectivity index (χ0n) is 20.7. The molecule has 0 radical (unpaired) electrons. The van der Waals surface area contributed by atoms with Gasteiger partial charge in [-0.15, -0.1) is 0 Å². The third kappa shape index (κ3) is 5.63. The van der Waals surface area contributed by atoms with Crippen molar-refractivity contribution in [1.29, 1.82) is 0 Å². The predicted octanol–water partition coefficient (Wildman–Crippen LogP) is 4.94. The molecule has 1 amide bonds. The van der Waals surface area contributed by atoms with E-state index in [9.17, 15) is 4.79 Å². The topological polar surface area (TPSA) is 44.6 Å². The number of fused-ring (bicyclic) bond motifs is 1. The van der Waals surface area contributed by atoms with Crippen molar-refractivity contribution in [2.24, 2.45) is 5.92 Å². The van der Waals surface area contributed by atoms with Crippen LogP contribution in [0.15, 0.2) is 53.0 Å². The SMILES string of the molecule is CCCCN1CCN(C(=O)[C@H]2CCCN(Cc3nc4ccccc4n3-c3cccc(Br)c3)C2)CC1. The van der Waals surface area contributed by atoms with Crippen LogP contribution in [0.1, 0.15) is 38.4 Å². The third-order valence-electron chi connectivity index (χ3n) is 7.43. The molecular formula is C28H36BrN5O. The smallest absolute Gasteiger partial charge is 0.227 e. The number of benzene rings is 2. The quantitative estimate of drug-likeness (QED) is 0.428. The number of hydrogen-bond acceptors (Lipinski definition) is 4. The van der Waals surface area contributed by atoms with Gasteiger partial charge in [-0.1, -0.05) is 47.5 Å². The van der Waals surface area contributed by atoms with Crippen LogP contribution in [0.25, 0.3) is 16.7 Å². The molecule has 0 unspecified atom stereocenters. The van der Waals surface area contributed by atoms with Crippen molar-refractivity contribution < 1.29 is 4.79 Å². The summed E-state index contributed by atoms with van der Waals surface area (Å²) in [6.07, 6.45) is 4.53. The number of rotatable bonds is 7. The normalized spacial score (nSPS) is 19.9. The molecule has 35 heavy (non-hydrogen) atoms. The molecule has 7 heteroatoms. The van der Waals surface area contributed by atoms with Gasteiger partial charge < -0.3 is 4.90 Å². The molecule has 2 aliphatic rings. The summed E-state index contributed by atoms with van der Waals surface area (Å²) < 4.78 is 3.32. The van der Waals surface area contributed by atoms with Gasteiger partial charge in [0.2, 0.25) is 5.91 Å². The monoisotopic (exact) mass is 537 g/mol. The van der Waals surface area contributed by atoms with Crippen LogP contribution in [0.5, 0.6) is 0 Å². The van der Waals surface area contributed by atoms with E-state index in [1.165, 1.54) is 12.8 Å². The van der Waals surface area contributed by atoms with E-state index in [-0.39, 0.29) is 5.92 Å². The molecule has 0 N–H and O–H groups in total. The summed E-state index contributed by atoms with van der Waals surface area (Å²) in [5.41, 5.74) is 3.23. The van der Waals surface area contributed by atoms with Gasteiger partial charge in [-0.25, -0.2) is 4.98 Å². The fraction of sp³-hybridized carbons (Fsp3) is 0.500. The minimum atomic E-state index is 0.0923. The van der Waals surface area contributed by atoms with Gasteiger partial charge in [-0.3, -0.25) is 19.2 Å². The lowest BCUT2D eigenvalue weighted by Gasteiger charge is -2.39. The molecule has 2 saturated heterocycles. The number of piperazine rings is 1. The lowest BCUT2D eigenvalue weighted by Crippen LogP contribution is -2.52. The molecular weight excluding hydrogens is 502 g/mol. The lowest BCUT2D eigenvalue weighted by atomic mass is 9.96. The molecule has 0 aliphatic carbocycles. The molecule has 2 aliphatic heterocycles. The van der Waals surface area contributed by atoms with E-state index in [4.69, 9.17) is 4.98 Å². The van der Waals surface area contributed by atoms with E-state index in [0.29, 0.717) is 5.91 Å². The van der Waals surface area contributed by atoms with Crippen molar-refractivity contribution in [1.82, 2.24) is 24.3 Å². The second-order valence-electron chi connectivity index (χ2n) is 9.93. The van der Waals surface area contributed by atoms with Gasteiger partial charge in [0.05, 0.1) is 23.5 Å². The van der Waals surface area contributed by atoms with Crippen molar-refractivity contribution >= 4 is 32.9 Å². The van der Waals surface area contributed by atoms with Gasteiger partial charge in [-0.2, -0.15) is 0 Å². The second-order valence-corrected chi connectivity index (χ2v) is 10.8. The van der Waals surface area contributed by atoms with Crippen LogP contribution >= 0.6 is 15.9 Å². The van der Waals surface area contributed by atoms with E-state index in [1.54, 1.807) is 0 Å². The number of halogens is 1. The molecule has 5 rings (SSSR count). The minimum absolute atomic E-state index is 0.0923. The van der Waals surface area contributed by atoms with Gasteiger partial charge >= 0.3 is 0 Å². The fourth-order valence-electron chi connectivity index (χ4n) is 5.52. The lowest BCUT2D eigenvalue weighted by molar-refractivity contribution is -0.139. The molecule has 0 spiro atoms. The molecule has 2 fully saturated rings. The summed E-state index contributed by atoms with van der Waals surface area (Å²) >= 11 is 3.62. The van der Waals surface area contributed by atoms with Crippen molar-refractivity contribution in [2.75, 3.05) is 45.8 Å². The van der Waals surface area contributed by atoms with E-state index in [0.717, 1.165) is 92.2 Å². The maximum Gasteiger partial charge on any atom is 0.227 e. The second kappa shape index (κ2) is 11.2. The molecule has 0 bridgehead atoms. The summed E-state index contributed by atoms with van der Waals surface area (Å²) in [5.74, 6) is 1.47. The first-order valence-corrected chi connectivity index (χ1v) is 13.9. The Balaban J connectivity index is 1.29. The van der Waals surface area contributed by atoms with Crippen LogP contribution in [-0.2, 0) is 11.3 Å². The highest BCUT2D eigenvalue weighted by Gasteiger charge is 2.31. The van der Waals surface area contributed by atoms with E-state index >= 15 is 0 Å². The number of amides is 1. The molecule has 0 saturated carbocycles. The Morgan fingerprint density at radius 3 is 2.66 bits per heavy atom. The Morgan fingerprint density at radius 1 is 1.03 bits per heavy atom. The Labute approximate surface area is 217 Å². The number of nitrogens with zero attached hydrogens (tertiary/aromatic N) is 5. The average Bonchev–Trinajstić information content (AvgIpc) is 3.25. The highest BCUT2D eigenvalue weighted by molar-refractivity contribution is 9.10. The number of carbonyl (C=O) groups is 1. The zero-order chi connectivity index (χ0) is 24.2. The van der Waals surface area contributed by atoms with E-state index in [2.05, 4.69) is 78.5 Å². The molecule has 1 atom stereocenters. The number of carbonyl (C=O) groups excluding carboxylic acids is 1. The van der Waals surface area contributed by atoms with Crippen molar-refractivity contribution in [3.63, 3.8) is 0 Å². The highest BCUT2D eigenvalue weighted by atomic mass is 79.9. The van der Waals surface area contributed by atoms with Crippen molar-refractivity contribution in [3.8, 4) is 5.69 Å². The number of aromatic nitrogens is 2. The van der Waals surface area contributed by atoms with Gasteiger partial charge in [0.15, 0.2) is 0 Å². The van der Waals surface area contributed by atoms with Gasteiger partial charge in [-0.05, 0) is 62.7 Å². The Morgan fingerprint density at radius 2 is 1.86 bits per heavy atom. The standard InChI is InChI=1S/C28H36BrN5O/c1-2-3-13-31-15-17-33(18-16-31)28(35)22-8-7-14-32(20-22)21-27-30-25-11-4-5-12-26(25)34(27)24-10-6-9-23(29)19-24/h4-6,9-12,19,22H,2-3,7-8,13-18,20-21H2,1H3/t22-/m0/s1. The minimum Gasteiger partial charge on any atom is -0.340 e. The van der Waals surface area contributed by atoms with Gasteiger partial charge in [0.25, 0.3) is 0 Å².